The molecule has 0 unspecified atom stereocenters. The van der Waals surface area contributed by atoms with Crippen molar-refractivity contribution in [3.8, 4) is 5.75 Å². The van der Waals surface area contributed by atoms with Gasteiger partial charge in [-0.15, -0.1) is 0 Å². The number of aromatic nitrogens is 1. The van der Waals surface area contributed by atoms with E-state index in [9.17, 15) is 4.79 Å². The van der Waals surface area contributed by atoms with Crippen molar-refractivity contribution in [3.63, 3.8) is 0 Å². The molecule has 22 heavy (non-hydrogen) atoms. The molecule has 4 nitrogen and oxygen atoms in total. The standard InChI is InChI=1S/C17H17BrN2O2/c18-16-6-2-1-4-14(16)8-17(21)20-10-13(11-20)12-22-15-5-3-7-19-9-15/h1-7,9,13H,8,10-12H2. The second-order valence-corrected chi connectivity index (χ2v) is 6.29. The maximum absolute atomic E-state index is 12.2. The van der Waals surface area contributed by atoms with Crippen LogP contribution in [0.5, 0.6) is 5.75 Å². The third-order valence-electron chi connectivity index (χ3n) is 3.73. The summed E-state index contributed by atoms with van der Waals surface area (Å²) in [7, 11) is 0. The van der Waals surface area contributed by atoms with Crippen LogP contribution in [-0.2, 0) is 11.2 Å². The third kappa shape index (κ3) is 3.65. The topological polar surface area (TPSA) is 42.4 Å². The zero-order valence-corrected chi connectivity index (χ0v) is 13.7. The maximum atomic E-state index is 12.2. The van der Waals surface area contributed by atoms with Gasteiger partial charge in [-0.2, -0.15) is 0 Å². The number of halogens is 1. The summed E-state index contributed by atoms with van der Waals surface area (Å²) in [5, 5.41) is 0. The van der Waals surface area contributed by atoms with Crippen molar-refractivity contribution in [2.45, 2.75) is 6.42 Å². The molecule has 0 bridgehead atoms. The van der Waals surface area contributed by atoms with Gasteiger partial charge in [-0.1, -0.05) is 34.1 Å². The minimum Gasteiger partial charge on any atom is -0.492 e. The predicted octanol–water partition coefficient (Wildman–Crippen LogP) is 2.92. The lowest BCUT2D eigenvalue weighted by atomic mass is 10.00. The summed E-state index contributed by atoms with van der Waals surface area (Å²) in [4.78, 5) is 18.1. The molecule has 5 heteroatoms. The van der Waals surface area contributed by atoms with Crippen molar-refractivity contribution in [2.75, 3.05) is 19.7 Å². The van der Waals surface area contributed by atoms with Gasteiger partial charge in [0.1, 0.15) is 5.75 Å². The van der Waals surface area contributed by atoms with E-state index in [-0.39, 0.29) is 5.91 Å². The van der Waals surface area contributed by atoms with Crippen molar-refractivity contribution in [2.24, 2.45) is 5.92 Å². The number of hydrogen-bond donors (Lipinski definition) is 0. The highest BCUT2D eigenvalue weighted by Gasteiger charge is 2.31. The van der Waals surface area contributed by atoms with E-state index in [4.69, 9.17) is 4.74 Å². The lowest BCUT2D eigenvalue weighted by molar-refractivity contribution is -0.137. The highest BCUT2D eigenvalue weighted by atomic mass is 79.9. The van der Waals surface area contributed by atoms with Crippen LogP contribution in [0, 0.1) is 5.92 Å². The molecule has 3 rings (SSSR count). The molecule has 0 spiro atoms. The second kappa shape index (κ2) is 6.92. The fourth-order valence-corrected chi connectivity index (χ4v) is 2.87. The molecular formula is C17H17BrN2O2. The van der Waals surface area contributed by atoms with Gasteiger partial charge in [0.15, 0.2) is 0 Å². The van der Waals surface area contributed by atoms with E-state index in [1.54, 1.807) is 12.4 Å². The van der Waals surface area contributed by atoms with Crippen LogP contribution in [0.4, 0.5) is 0 Å². The number of pyridine rings is 1. The Morgan fingerprint density at radius 1 is 1.27 bits per heavy atom. The summed E-state index contributed by atoms with van der Waals surface area (Å²) in [6.07, 6.45) is 3.87. The van der Waals surface area contributed by atoms with E-state index in [1.807, 2.05) is 41.3 Å². The number of likely N-dealkylation sites (tertiary alicyclic amines) is 1. The number of ether oxygens (including phenoxy) is 1. The number of carbonyl (C=O) groups excluding carboxylic acids is 1. The van der Waals surface area contributed by atoms with E-state index in [1.165, 1.54) is 0 Å². The number of nitrogens with zero attached hydrogens (tertiary/aromatic N) is 2. The van der Waals surface area contributed by atoms with Gasteiger partial charge < -0.3 is 9.64 Å². The lowest BCUT2D eigenvalue weighted by Crippen LogP contribution is -2.52. The van der Waals surface area contributed by atoms with Gasteiger partial charge in [0.05, 0.1) is 19.2 Å². The van der Waals surface area contributed by atoms with Crippen LogP contribution in [0.25, 0.3) is 0 Å². The van der Waals surface area contributed by atoms with Crippen molar-refractivity contribution in [3.05, 3.63) is 58.8 Å². The van der Waals surface area contributed by atoms with Gasteiger partial charge in [-0.05, 0) is 23.8 Å². The van der Waals surface area contributed by atoms with Gasteiger partial charge in [0, 0.05) is 29.7 Å². The Balaban J connectivity index is 1.43. The summed E-state index contributed by atoms with van der Waals surface area (Å²) < 4.78 is 6.65. The summed E-state index contributed by atoms with van der Waals surface area (Å²) in [5.74, 6) is 1.35. The van der Waals surface area contributed by atoms with Crippen LogP contribution in [-0.4, -0.2) is 35.5 Å². The number of benzene rings is 1. The lowest BCUT2D eigenvalue weighted by Gasteiger charge is -2.39. The van der Waals surface area contributed by atoms with Crippen molar-refractivity contribution < 1.29 is 9.53 Å². The Hall–Kier alpha value is -1.88. The van der Waals surface area contributed by atoms with Gasteiger partial charge in [0.25, 0.3) is 0 Å². The molecule has 1 amide bonds. The molecule has 1 fully saturated rings. The Morgan fingerprint density at radius 2 is 2.09 bits per heavy atom. The molecule has 1 aromatic heterocycles. The minimum atomic E-state index is 0.171. The maximum Gasteiger partial charge on any atom is 0.227 e. The first kappa shape index (κ1) is 15.0. The average Bonchev–Trinajstić information content (AvgIpc) is 2.49. The van der Waals surface area contributed by atoms with E-state index >= 15 is 0 Å². The van der Waals surface area contributed by atoms with E-state index in [0.717, 1.165) is 28.9 Å². The average molecular weight is 361 g/mol. The molecule has 0 aliphatic carbocycles. The molecule has 0 saturated carbocycles. The summed E-state index contributed by atoms with van der Waals surface area (Å²) in [6, 6.07) is 11.6. The molecule has 114 valence electrons. The number of rotatable bonds is 5. The van der Waals surface area contributed by atoms with Gasteiger partial charge >= 0.3 is 0 Å². The first-order valence-corrected chi connectivity index (χ1v) is 8.05. The quantitative estimate of drug-likeness (QED) is 0.823. The molecule has 1 aliphatic heterocycles. The smallest absolute Gasteiger partial charge is 0.227 e. The fraction of sp³-hybridized carbons (Fsp3) is 0.294. The Labute approximate surface area is 138 Å². The molecule has 1 aliphatic rings. The van der Waals surface area contributed by atoms with Crippen LogP contribution in [0.15, 0.2) is 53.3 Å². The summed E-state index contributed by atoms with van der Waals surface area (Å²) in [6.45, 7) is 2.16. The fourth-order valence-electron chi connectivity index (χ4n) is 2.44. The van der Waals surface area contributed by atoms with E-state index in [0.29, 0.717) is 18.9 Å². The van der Waals surface area contributed by atoms with E-state index < -0.39 is 0 Å². The van der Waals surface area contributed by atoms with Crippen molar-refractivity contribution in [1.29, 1.82) is 0 Å². The summed E-state index contributed by atoms with van der Waals surface area (Å²) >= 11 is 3.48. The molecule has 2 aromatic rings. The SMILES string of the molecule is O=C(Cc1ccccc1Br)N1CC(COc2cccnc2)C1. The van der Waals surface area contributed by atoms with Crippen molar-refractivity contribution >= 4 is 21.8 Å². The molecule has 1 aromatic carbocycles. The highest BCUT2D eigenvalue weighted by Crippen LogP contribution is 2.21. The molecule has 0 N–H and O–H groups in total. The van der Waals surface area contributed by atoms with E-state index in [2.05, 4.69) is 20.9 Å². The third-order valence-corrected chi connectivity index (χ3v) is 4.50. The molecular weight excluding hydrogens is 344 g/mol. The molecule has 0 radical (unpaired) electrons. The predicted molar refractivity (Wildman–Crippen MR) is 87.6 cm³/mol. The van der Waals surface area contributed by atoms with Gasteiger partial charge in [-0.25, -0.2) is 0 Å². The van der Waals surface area contributed by atoms with Crippen LogP contribution >= 0.6 is 15.9 Å². The highest BCUT2D eigenvalue weighted by molar-refractivity contribution is 9.10. The van der Waals surface area contributed by atoms with Crippen LogP contribution in [0.3, 0.4) is 0 Å². The molecule has 2 heterocycles. The van der Waals surface area contributed by atoms with Crippen LogP contribution in [0.2, 0.25) is 0 Å². The zero-order chi connectivity index (χ0) is 15.4. The largest absolute Gasteiger partial charge is 0.492 e. The Morgan fingerprint density at radius 3 is 2.82 bits per heavy atom. The molecule has 1 saturated heterocycles. The monoisotopic (exact) mass is 360 g/mol. The van der Waals surface area contributed by atoms with Crippen molar-refractivity contribution in [1.82, 2.24) is 9.88 Å². The van der Waals surface area contributed by atoms with Crippen LogP contribution < -0.4 is 4.74 Å². The number of amides is 1. The zero-order valence-electron chi connectivity index (χ0n) is 12.1. The van der Waals surface area contributed by atoms with Crippen LogP contribution in [0.1, 0.15) is 5.56 Å². The second-order valence-electron chi connectivity index (χ2n) is 5.43. The number of carbonyl (C=O) groups is 1. The first-order valence-electron chi connectivity index (χ1n) is 7.26. The Bertz CT molecular complexity index is 642. The summed E-state index contributed by atoms with van der Waals surface area (Å²) in [5.41, 5.74) is 1.03. The number of hydrogen-bond acceptors (Lipinski definition) is 3. The Kier molecular flexibility index (Phi) is 4.73. The van der Waals surface area contributed by atoms with Gasteiger partial charge in [0.2, 0.25) is 5.91 Å². The first-order chi connectivity index (χ1) is 10.7. The minimum absolute atomic E-state index is 0.171. The normalized spacial score (nSPS) is 14.5. The molecule has 0 atom stereocenters. The van der Waals surface area contributed by atoms with Gasteiger partial charge in [-0.3, -0.25) is 9.78 Å².